The van der Waals surface area contributed by atoms with E-state index in [0.717, 1.165) is 25.6 Å². The molecule has 114 valence electrons. The third kappa shape index (κ3) is 5.86. The Hall–Kier alpha value is -0.0300. The molecule has 2 rings (SSSR count). The van der Waals surface area contributed by atoms with Gasteiger partial charge < -0.3 is 10.6 Å². The number of nitrogens with zero attached hydrogens (tertiary/aromatic N) is 1. The van der Waals surface area contributed by atoms with E-state index >= 15 is 0 Å². The van der Waals surface area contributed by atoms with E-state index in [0.29, 0.717) is 12.5 Å². The lowest BCUT2D eigenvalue weighted by molar-refractivity contribution is -0.121. The first-order chi connectivity index (χ1) is 8.29. The summed E-state index contributed by atoms with van der Waals surface area (Å²) in [5, 5.41) is 6.15. The zero-order chi connectivity index (χ0) is 12.1. The van der Waals surface area contributed by atoms with Crippen molar-refractivity contribution in [1.82, 2.24) is 15.5 Å². The maximum atomic E-state index is 11.6. The molecule has 4 nitrogen and oxygen atoms in total. The van der Waals surface area contributed by atoms with Crippen LogP contribution < -0.4 is 10.6 Å². The minimum atomic E-state index is 0. The van der Waals surface area contributed by atoms with Crippen LogP contribution in [0.3, 0.4) is 0 Å². The summed E-state index contributed by atoms with van der Waals surface area (Å²) in [7, 11) is 1.88. The Morgan fingerprint density at radius 3 is 2.53 bits per heavy atom. The van der Waals surface area contributed by atoms with Crippen molar-refractivity contribution >= 4 is 30.7 Å². The molecule has 0 spiro atoms. The number of nitrogens with one attached hydrogen (secondary N) is 2. The van der Waals surface area contributed by atoms with Crippen LogP contribution in [0.5, 0.6) is 0 Å². The van der Waals surface area contributed by atoms with Gasteiger partial charge in [0.25, 0.3) is 0 Å². The van der Waals surface area contributed by atoms with Gasteiger partial charge in [-0.2, -0.15) is 0 Å². The topological polar surface area (TPSA) is 44.4 Å². The summed E-state index contributed by atoms with van der Waals surface area (Å²) in [5.74, 6) is 0.192. The summed E-state index contributed by atoms with van der Waals surface area (Å²) in [5.41, 5.74) is 0. The van der Waals surface area contributed by atoms with Gasteiger partial charge in [-0.3, -0.25) is 9.69 Å². The average molecular weight is 312 g/mol. The van der Waals surface area contributed by atoms with Crippen LogP contribution in [0.1, 0.15) is 38.5 Å². The predicted octanol–water partition coefficient (Wildman–Crippen LogP) is 1.57. The number of carbonyl (C=O) groups excluding carboxylic acids is 1. The highest BCUT2D eigenvalue weighted by Crippen LogP contribution is 2.26. The molecule has 0 aromatic carbocycles. The average Bonchev–Trinajstić information content (AvgIpc) is 2.95. The summed E-state index contributed by atoms with van der Waals surface area (Å²) in [6.07, 6.45) is 7.22. The van der Waals surface area contributed by atoms with Gasteiger partial charge in [0.1, 0.15) is 0 Å². The first-order valence-electron chi connectivity index (χ1n) is 6.97. The Bertz CT molecular complexity index is 260. The molecule has 0 bridgehead atoms. The quantitative estimate of drug-likeness (QED) is 0.810. The van der Waals surface area contributed by atoms with Crippen LogP contribution in [-0.4, -0.2) is 49.6 Å². The summed E-state index contributed by atoms with van der Waals surface area (Å²) in [6.45, 7) is 3.00. The number of carbonyl (C=O) groups is 1. The first-order valence-corrected chi connectivity index (χ1v) is 6.97. The van der Waals surface area contributed by atoms with Gasteiger partial charge in [-0.05, 0) is 26.3 Å². The monoisotopic (exact) mass is 311 g/mol. The van der Waals surface area contributed by atoms with E-state index < -0.39 is 0 Å². The highest BCUT2D eigenvalue weighted by atomic mass is 35.5. The van der Waals surface area contributed by atoms with Crippen molar-refractivity contribution in [1.29, 1.82) is 0 Å². The summed E-state index contributed by atoms with van der Waals surface area (Å²) in [4.78, 5) is 14.2. The molecule has 6 heteroatoms. The van der Waals surface area contributed by atoms with Crippen LogP contribution in [0.25, 0.3) is 0 Å². The predicted molar refractivity (Wildman–Crippen MR) is 83.4 cm³/mol. The molecular formula is C13H27Cl2N3O. The van der Waals surface area contributed by atoms with E-state index in [2.05, 4.69) is 15.5 Å². The number of hydrogen-bond donors (Lipinski definition) is 2. The molecule has 0 aromatic rings. The van der Waals surface area contributed by atoms with Gasteiger partial charge in [0, 0.05) is 38.1 Å². The van der Waals surface area contributed by atoms with E-state index in [1.54, 1.807) is 0 Å². The van der Waals surface area contributed by atoms with Crippen LogP contribution >= 0.6 is 24.8 Å². The Kier molecular flexibility index (Phi) is 9.79. The lowest BCUT2D eigenvalue weighted by Gasteiger charge is -2.23. The summed E-state index contributed by atoms with van der Waals surface area (Å²) >= 11 is 0. The second-order valence-electron chi connectivity index (χ2n) is 5.34. The zero-order valence-electron chi connectivity index (χ0n) is 11.7. The van der Waals surface area contributed by atoms with Gasteiger partial charge in [0.2, 0.25) is 5.91 Å². The maximum absolute atomic E-state index is 11.6. The molecule has 1 unspecified atom stereocenters. The van der Waals surface area contributed by atoms with Crippen LogP contribution in [0, 0.1) is 0 Å². The van der Waals surface area contributed by atoms with Crippen LogP contribution in [-0.2, 0) is 4.79 Å². The molecule has 1 heterocycles. The standard InChI is InChI=1S/C13H25N3O.2ClH/c1-14-8-6-13(17)15-11-7-9-16(10-11)12-4-2-3-5-12;;/h11-12,14H,2-10H2,1H3,(H,15,17);2*1H. The third-order valence-corrected chi connectivity index (χ3v) is 4.03. The lowest BCUT2D eigenvalue weighted by Crippen LogP contribution is -2.39. The number of rotatable bonds is 5. The minimum Gasteiger partial charge on any atom is -0.352 e. The molecule has 19 heavy (non-hydrogen) atoms. The highest BCUT2D eigenvalue weighted by Gasteiger charge is 2.30. The SMILES string of the molecule is CNCCC(=O)NC1CCN(C2CCCC2)C1.Cl.Cl. The van der Waals surface area contributed by atoms with Crippen molar-refractivity contribution in [2.45, 2.75) is 50.6 Å². The highest BCUT2D eigenvalue weighted by molar-refractivity contribution is 5.85. The molecule has 1 aliphatic heterocycles. The van der Waals surface area contributed by atoms with Crippen molar-refractivity contribution in [3.8, 4) is 0 Å². The number of amides is 1. The van der Waals surface area contributed by atoms with Crippen molar-refractivity contribution in [2.75, 3.05) is 26.7 Å². The number of likely N-dealkylation sites (tertiary alicyclic amines) is 1. The fourth-order valence-electron chi connectivity index (χ4n) is 3.04. The molecule has 1 aliphatic carbocycles. The van der Waals surface area contributed by atoms with Crippen molar-refractivity contribution in [3.05, 3.63) is 0 Å². The fourth-order valence-corrected chi connectivity index (χ4v) is 3.04. The third-order valence-electron chi connectivity index (χ3n) is 4.03. The zero-order valence-corrected chi connectivity index (χ0v) is 13.3. The normalized spacial score (nSPS) is 23.7. The Morgan fingerprint density at radius 2 is 1.89 bits per heavy atom. The van der Waals surface area contributed by atoms with Gasteiger partial charge in [-0.15, -0.1) is 24.8 Å². The van der Waals surface area contributed by atoms with Gasteiger partial charge >= 0.3 is 0 Å². The van der Waals surface area contributed by atoms with Crippen LogP contribution in [0.2, 0.25) is 0 Å². The molecule has 2 aliphatic rings. The van der Waals surface area contributed by atoms with Crippen molar-refractivity contribution in [3.63, 3.8) is 0 Å². The van der Waals surface area contributed by atoms with Gasteiger partial charge in [-0.1, -0.05) is 12.8 Å². The molecule has 1 saturated carbocycles. The summed E-state index contributed by atoms with van der Waals surface area (Å²) in [6, 6.07) is 1.19. The molecular weight excluding hydrogens is 285 g/mol. The van der Waals surface area contributed by atoms with E-state index in [9.17, 15) is 4.79 Å². The van der Waals surface area contributed by atoms with E-state index in [1.807, 2.05) is 7.05 Å². The fraction of sp³-hybridized carbons (Fsp3) is 0.923. The van der Waals surface area contributed by atoms with Gasteiger partial charge in [0.05, 0.1) is 0 Å². The summed E-state index contributed by atoms with van der Waals surface area (Å²) < 4.78 is 0. The largest absolute Gasteiger partial charge is 0.352 e. The Balaban J connectivity index is 0.00000162. The molecule has 0 radical (unpaired) electrons. The second kappa shape index (κ2) is 9.81. The Morgan fingerprint density at radius 1 is 1.21 bits per heavy atom. The number of hydrogen-bond acceptors (Lipinski definition) is 3. The van der Waals surface area contributed by atoms with Crippen molar-refractivity contribution in [2.24, 2.45) is 0 Å². The molecule has 2 fully saturated rings. The minimum absolute atomic E-state index is 0. The maximum Gasteiger partial charge on any atom is 0.221 e. The van der Waals surface area contributed by atoms with E-state index in [-0.39, 0.29) is 30.7 Å². The smallest absolute Gasteiger partial charge is 0.221 e. The second-order valence-corrected chi connectivity index (χ2v) is 5.34. The molecule has 0 aromatic heterocycles. The van der Waals surface area contributed by atoms with E-state index in [1.165, 1.54) is 32.2 Å². The first kappa shape index (κ1) is 19.0. The molecule has 2 N–H and O–H groups in total. The van der Waals surface area contributed by atoms with Crippen LogP contribution in [0.4, 0.5) is 0 Å². The molecule has 1 atom stereocenters. The van der Waals surface area contributed by atoms with Gasteiger partial charge in [0.15, 0.2) is 0 Å². The van der Waals surface area contributed by atoms with E-state index in [4.69, 9.17) is 0 Å². The molecule has 1 saturated heterocycles. The van der Waals surface area contributed by atoms with Gasteiger partial charge in [-0.25, -0.2) is 0 Å². The van der Waals surface area contributed by atoms with Crippen LogP contribution in [0.15, 0.2) is 0 Å². The van der Waals surface area contributed by atoms with Crippen molar-refractivity contribution < 1.29 is 4.79 Å². The Labute approximate surface area is 128 Å². The lowest BCUT2D eigenvalue weighted by atomic mass is 10.2. The molecule has 1 amide bonds. The number of halogens is 2.